The molecule has 120 heavy (non-hydrogen) atoms. The van der Waals surface area contributed by atoms with E-state index in [4.69, 9.17) is 28.4 Å². The third kappa shape index (κ3) is 17.1. The molecule has 0 aromatic carbocycles. The van der Waals surface area contributed by atoms with Crippen molar-refractivity contribution in [2.24, 2.45) is 175 Å². The van der Waals surface area contributed by atoms with Crippen LogP contribution >= 0.6 is 0 Å². The Morgan fingerprint density at radius 1 is 0.308 bits per heavy atom. The van der Waals surface area contributed by atoms with E-state index >= 15 is 14.4 Å². The Morgan fingerprint density at radius 2 is 0.542 bits per heavy atom. The molecule has 0 bridgehead atoms. The Kier molecular flexibility index (Phi) is 27.0. The van der Waals surface area contributed by atoms with Crippen LogP contribution in [0, 0.1) is 175 Å². The molecule has 0 saturated heterocycles. The highest BCUT2D eigenvalue weighted by Gasteiger charge is 2.73. The third-order valence-corrected chi connectivity index (χ3v) is 38.4. The van der Waals surface area contributed by atoms with Gasteiger partial charge in [0.05, 0.1) is 89.5 Å². The van der Waals surface area contributed by atoms with Gasteiger partial charge in [0.2, 0.25) is 0 Å². The molecule has 13 saturated carbocycles. The van der Waals surface area contributed by atoms with Crippen LogP contribution in [0.1, 0.15) is 319 Å². The molecule has 13 rings (SSSR count). The van der Waals surface area contributed by atoms with Crippen molar-refractivity contribution in [3.05, 3.63) is 0 Å². The number of carbonyl (C=O) groups is 6. The number of carboxylic acid groups (broad SMARTS) is 3. The van der Waals surface area contributed by atoms with Crippen molar-refractivity contribution >= 4 is 35.8 Å². The number of rotatable bonds is 24. The maximum Gasteiger partial charge on any atom is 0.309 e. The van der Waals surface area contributed by atoms with Gasteiger partial charge in [-0.05, 0) is 394 Å². The van der Waals surface area contributed by atoms with E-state index in [1.165, 1.54) is 0 Å². The quantitative estimate of drug-likeness (QED) is 0.0320. The number of aliphatic carboxylic acids is 3. The van der Waals surface area contributed by atoms with E-state index in [9.17, 15) is 60.3 Å². The topological polar surface area (TPSA) is 340 Å². The number of fused-ring (bicyclic) bond motifs is 15. The molecular weight excluding hydrogens is 1530 g/mol. The van der Waals surface area contributed by atoms with E-state index in [-0.39, 0.29) is 181 Å². The zero-order chi connectivity index (χ0) is 88.1. The van der Waals surface area contributed by atoms with Crippen LogP contribution in [0.3, 0.4) is 0 Å². The summed E-state index contributed by atoms with van der Waals surface area (Å²) in [4.78, 5) is 83.4. The number of aliphatic hydroxyl groups is 6. The van der Waals surface area contributed by atoms with Crippen molar-refractivity contribution in [1.29, 1.82) is 0 Å². The lowest BCUT2D eigenvalue weighted by molar-refractivity contribution is -0.244. The second kappa shape index (κ2) is 34.5. The highest BCUT2D eigenvalue weighted by Crippen LogP contribution is 2.75. The van der Waals surface area contributed by atoms with Gasteiger partial charge in [0.1, 0.15) is 18.3 Å². The van der Waals surface area contributed by atoms with E-state index in [2.05, 4.69) is 83.1 Å². The van der Waals surface area contributed by atoms with Crippen LogP contribution in [-0.2, 0) is 57.2 Å². The van der Waals surface area contributed by atoms with Crippen LogP contribution in [0.4, 0.5) is 0 Å². The van der Waals surface area contributed by atoms with Gasteiger partial charge in [0.25, 0.3) is 0 Å². The van der Waals surface area contributed by atoms with Gasteiger partial charge in [-0.1, -0.05) is 62.3 Å². The van der Waals surface area contributed by atoms with Crippen LogP contribution in [0.15, 0.2) is 0 Å². The summed E-state index contributed by atoms with van der Waals surface area (Å²) in [7, 11) is 0. The lowest BCUT2D eigenvalue weighted by Crippen LogP contribution is -2.65. The first kappa shape index (κ1) is 94.1. The minimum Gasteiger partial charge on any atom is -0.481 e. The van der Waals surface area contributed by atoms with Crippen molar-refractivity contribution < 1.29 is 103 Å². The second-order valence-electron chi connectivity index (χ2n) is 47.6. The molecule has 0 amide bonds. The predicted molar refractivity (Wildman–Crippen MR) is 454 cm³/mol. The molecule has 13 fully saturated rings. The van der Waals surface area contributed by atoms with Crippen molar-refractivity contribution in [3.63, 3.8) is 0 Å². The number of aliphatic hydroxyl groups excluding tert-OH is 6. The molecule has 0 radical (unpaired) electrons. The van der Waals surface area contributed by atoms with Crippen LogP contribution in [0.5, 0.6) is 0 Å². The molecule has 39 atom stereocenters. The second-order valence-corrected chi connectivity index (χ2v) is 47.6. The number of ether oxygens (including phenoxy) is 6. The Bertz CT molecular complexity index is 3280. The van der Waals surface area contributed by atoms with E-state index in [0.29, 0.717) is 96.3 Å². The molecular formula is C99H162O21. The van der Waals surface area contributed by atoms with Gasteiger partial charge in [0, 0.05) is 19.3 Å². The van der Waals surface area contributed by atoms with Crippen molar-refractivity contribution in [3.8, 4) is 0 Å². The SMILES string of the molecule is CC(OC(C)(C)C)C1C[C@@H](OC(=O)C2CC(C(=O)O[C@@H]3CC(C(C)OC(C)(C)C)[C@]4(C)C5C[C@H](O)[C@@]6(C)C(CC[C@@H]6[C@H](C)CCC(=O)O)C5[C@H](O)C[C@@H]4C3)CC(C(=O)O[C@@H]3CC(C(C)OC(C)(C)C)[C@]4(C)C5C[C@H](O)[C@@]6(C)C(CC[C@@H]6[C@H](C)CCC(=O)O)C5[C@H](O)C[C@@H]4C3)C2)C[C@H]2C[C@@H](O)C3C(C[C@H](O)[C@@]4(C)C3CC[C@@H]4[C@H](C)CCC(=O)O)[C@@]12C. The van der Waals surface area contributed by atoms with E-state index < -0.39 is 158 Å². The molecule has 0 spiro atoms. The van der Waals surface area contributed by atoms with Crippen LogP contribution in [0.2, 0.25) is 0 Å². The van der Waals surface area contributed by atoms with Gasteiger partial charge in [-0.15, -0.1) is 0 Å². The van der Waals surface area contributed by atoms with E-state index in [1.807, 2.05) is 62.3 Å². The first-order valence-electron chi connectivity index (χ1n) is 48.1. The summed E-state index contributed by atoms with van der Waals surface area (Å²) < 4.78 is 41.9. The molecule has 0 heterocycles. The monoisotopic (exact) mass is 1690 g/mol. The largest absolute Gasteiger partial charge is 0.481 e. The summed E-state index contributed by atoms with van der Waals surface area (Å²) in [5.41, 5.74) is -4.63. The lowest BCUT2D eigenvalue weighted by atomic mass is 9.40. The van der Waals surface area contributed by atoms with Crippen molar-refractivity contribution in [2.75, 3.05) is 0 Å². The summed E-state index contributed by atoms with van der Waals surface area (Å²) in [6, 6.07) is 0. The molecule has 15 unspecified atom stereocenters. The van der Waals surface area contributed by atoms with Crippen molar-refractivity contribution in [1.82, 2.24) is 0 Å². The maximum absolute atomic E-state index is 15.9. The summed E-state index contributed by atoms with van der Waals surface area (Å²) in [5.74, 6) is -8.06. The first-order chi connectivity index (χ1) is 55.7. The number of esters is 3. The Hall–Kier alpha value is -3.54. The third-order valence-electron chi connectivity index (χ3n) is 38.4. The van der Waals surface area contributed by atoms with Crippen molar-refractivity contribution in [2.45, 2.75) is 409 Å². The van der Waals surface area contributed by atoms with Crippen LogP contribution < -0.4 is 0 Å². The molecule has 9 N–H and O–H groups in total. The van der Waals surface area contributed by atoms with Gasteiger partial charge in [-0.25, -0.2) is 0 Å². The zero-order valence-corrected chi connectivity index (χ0v) is 77.3. The maximum atomic E-state index is 15.9. The smallest absolute Gasteiger partial charge is 0.309 e. The average molecular weight is 1690 g/mol. The number of carbonyl (C=O) groups excluding carboxylic acids is 3. The standard InChI is InChI=1S/C99H162O21/c1-49(22-31-82(106)107)64-25-28-67-85-73(46-79(103)97(64,67)19)94(16)58(40-76(85)100)37-61(43-70(94)52(4)118-91(7,8)9)115-88(112)55-34-56(89(113)116-62-38-59-41-77(101)86-68-29-26-65(50(2)23-32-83(108)109)98(68,20)80(104)47-74(86)95(59,17)71(44-62)53(5)119-92(10,11)12)36-57(35-55)90(114)117-63-39-60-42-78(102)87-69-30-27-66(51(3)24-33-84(110)111)99(69,21)81(105)48-75(87)96(60,18)72(45-63)54(6)120-93(13,14)15/h49-81,85-87,100-105H,22-48H2,1-21H3,(H,106,107)(H,108,109)(H,110,111)/t49-,50-,51-,52?,53?,54?,55?,56?,57?,58+,59+,60+,61+,62+,63+,64-,65-,66-,67?,68?,69?,70?,71?,72?,73?,74?,75?,76-,77-,78-,79+,80+,81+,85?,86?,87?,94-,95-,96-,97-,98-,99-/m1/s1. The molecule has 0 aliphatic heterocycles. The Morgan fingerprint density at radius 3 is 0.758 bits per heavy atom. The summed E-state index contributed by atoms with van der Waals surface area (Å²) >= 11 is 0. The number of carboxylic acids is 3. The number of hydrogen-bond donors (Lipinski definition) is 9. The Labute approximate surface area is 718 Å². The molecule has 0 aromatic rings. The van der Waals surface area contributed by atoms with Gasteiger partial charge >= 0.3 is 35.8 Å². The molecule has 21 heteroatoms. The fourth-order valence-electron chi connectivity index (χ4n) is 33.5. The lowest BCUT2D eigenvalue weighted by Gasteiger charge is -2.66. The predicted octanol–water partition coefficient (Wildman–Crippen LogP) is 16.3. The highest BCUT2D eigenvalue weighted by molar-refractivity contribution is 5.81. The average Bonchev–Trinajstić information content (AvgIpc) is 1.39. The van der Waals surface area contributed by atoms with Gasteiger partial charge < -0.3 is 74.4 Å². The van der Waals surface area contributed by atoms with Gasteiger partial charge in [0.15, 0.2) is 0 Å². The van der Waals surface area contributed by atoms with E-state index in [0.717, 1.165) is 38.5 Å². The normalized spacial score (nSPS) is 47.5. The molecule has 21 nitrogen and oxygen atoms in total. The summed E-state index contributed by atoms with van der Waals surface area (Å²) in [6.07, 6.45) is 5.29. The fraction of sp³-hybridized carbons (Fsp3) is 0.939. The van der Waals surface area contributed by atoms with E-state index in [1.54, 1.807) is 0 Å². The number of hydrogen-bond acceptors (Lipinski definition) is 18. The zero-order valence-electron chi connectivity index (χ0n) is 77.3. The molecule has 684 valence electrons. The Balaban J connectivity index is 0.793. The first-order valence-corrected chi connectivity index (χ1v) is 48.1. The molecule has 13 aliphatic carbocycles. The molecule has 0 aromatic heterocycles. The summed E-state index contributed by atoms with van der Waals surface area (Å²) in [5, 5.41) is 106. The highest BCUT2D eigenvalue weighted by atomic mass is 16.6. The van der Waals surface area contributed by atoms with Gasteiger partial charge in [-0.2, -0.15) is 0 Å². The van der Waals surface area contributed by atoms with Gasteiger partial charge in [-0.3, -0.25) is 28.8 Å². The van der Waals surface area contributed by atoms with Crippen LogP contribution in [0.25, 0.3) is 0 Å². The van der Waals surface area contributed by atoms with Crippen LogP contribution in [-0.4, -0.2) is 172 Å². The molecule has 13 aliphatic rings. The minimum absolute atomic E-state index is 0.00679. The minimum atomic E-state index is -0.942. The fourth-order valence-corrected chi connectivity index (χ4v) is 33.5. The summed E-state index contributed by atoms with van der Waals surface area (Å²) in [6.45, 7) is 44.7.